The van der Waals surface area contributed by atoms with Gasteiger partial charge in [-0.25, -0.2) is 4.21 Å². The summed E-state index contributed by atoms with van der Waals surface area (Å²) in [6, 6.07) is 9.94. The number of carbonyl (C=O) groups excluding carboxylic acids is 1. The van der Waals surface area contributed by atoms with Gasteiger partial charge in [-0.2, -0.15) is 0 Å². The van der Waals surface area contributed by atoms with E-state index in [1.807, 2.05) is 65.0 Å². The Morgan fingerprint density at radius 3 is 2.20 bits per heavy atom. The highest BCUT2D eigenvalue weighted by molar-refractivity contribution is 7.85. The molecule has 3 nitrogen and oxygen atoms in total. The van der Waals surface area contributed by atoms with Crippen molar-refractivity contribution >= 4 is 16.9 Å². The van der Waals surface area contributed by atoms with Gasteiger partial charge in [-0.3, -0.25) is 9.52 Å². The van der Waals surface area contributed by atoms with E-state index in [0.717, 1.165) is 5.56 Å². The first kappa shape index (κ1) is 16.9. The second-order valence-corrected chi connectivity index (χ2v) is 8.35. The fraction of sp³-hybridized carbons (Fsp3) is 0.562. The lowest BCUT2D eigenvalue weighted by Crippen LogP contribution is -2.42. The van der Waals surface area contributed by atoms with Gasteiger partial charge in [0, 0.05) is 5.92 Å². The molecule has 4 heteroatoms. The molecule has 0 aromatic heterocycles. The lowest BCUT2D eigenvalue weighted by Gasteiger charge is -2.23. The Hall–Kier alpha value is -1.16. The van der Waals surface area contributed by atoms with E-state index < -0.39 is 15.7 Å². The lowest BCUT2D eigenvalue weighted by atomic mass is 9.89. The van der Waals surface area contributed by atoms with Crippen molar-refractivity contribution in [2.45, 2.75) is 45.8 Å². The van der Waals surface area contributed by atoms with E-state index in [1.165, 1.54) is 0 Å². The van der Waals surface area contributed by atoms with Gasteiger partial charge in [-0.1, -0.05) is 44.2 Å². The van der Waals surface area contributed by atoms with E-state index in [1.54, 1.807) is 0 Å². The Kier molecular flexibility index (Phi) is 5.93. The molecule has 2 atom stereocenters. The molecule has 0 aliphatic carbocycles. The smallest absolute Gasteiger partial charge is 0.235 e. The normalized spacial score (nSPS) is 14.9. The van der Waals surface area contributed by atoms with Crippen LogP contribution in [-0.2, 0) is 22.2 Å². The summed E-state index contributed by atoms with van der Waals surface area (Å²) >= 11 is 0. The van der Waals surface area contributed by atoms with Gasteiger partial charge in [-0.05, 0) is 38.7 Å². The Bertz CT molecular complexity index is 463. The van der Waals surface area contributed by atoms with Gasteiger partial charge in [0.2, 0.25) is 5.91 Å². The quantitative estimate of drug-likeness (QED) is 0.907. The Labute approximate surface area is 124 Å². The Morgan fingerprint density at radius 2 is 1.75 bits per heavy atom. The lowest BCUT2D eigenvalue weighted by molar-refractivity contribution is -0.124. The zero-order valence-corrected chi connectivity index (χ0v) is 13.8. The summed E-state index contributed by atoms with van der Waals surface area (Å²) in [6.07, 6.45) is 0.672. The fourth-order valence-electron chi connectivity index (χ4n) is 1.82. The maximum absolute atomic E-state index is 12.3. The molecule has 0 unspecified atom stereocenters. The van der Waals surface area contributed by atoms with Crippen LogP contribution in [0.5, 0.6) is 0 Å². The minimum atomic E-state index is -1.36. The van der Waals surface area contributed by atoms with Crippen molar-refractivity contribution in [2.24, 2.45) is 11.8 Å². The highest BCUT2D eigenvalue weighted by Crippen LogP contribution is 2.19. The molecular weight excluding hydrogens is 270 g/mol. The van der Waals surface area contributed by atoms with E-state index in [0.29, 0.717) is 6.42 Å². The molecule has 1 aromatic carbocycles. The van der Waals surface area contributed by atoms with Crippen LogP contribution in [0.2, 0.25) is 0 Å². The molecule has 0 saturated heterocycles. The maximum atomic E-state index is 12.3. The molecule has 0 bridgehead atoms. The topological polar surface area (TPSA) is 46.2 Å². The number of hydrogen-bond acceptors (Lipinski definition) is 2. The van der Waals surface area contributed by atoms with Crippen LogP contribution < -0.4 is 4.72 Å². The molecule has 1 aromatic rings. The second kappa shape index (κ2) is 7.02. The molecule has 0 heterocycles. The number of hydrogen-bond donors (Lipinski definition) is 1. The number of carbonyl (C=O) groups is 1. The molecule has 0 radical (unpaired) electrons. The van der Waals surface area contributed by atoms with Crippen LogP contribution in [0.15, 0.2) is 30.3 Å². The van der Waals surface area contributed by atoms with Gasteiger partial charge < -0.3 is 0 Å². The van der Waals surface area contributed by atoms with E-state index in [4.69, 9.17) is 0 Å². The molecular formula is C16H25NO2S. The Balaban J connectivity index is 2.77. The maximum Gasteiger partial charge on any atom is 0.235 e. The molecule has 0 aliphatic heterocycles. The third kappa shape index (κ3) is 5.08. The van der Waals surface area contributed by atoms with Gasteiger partial charge in [0.05, 0.1) is 4.75 Å². The van der Waals surface area contributed by atoms with Crippen molar-refractivity contribution in [3.05, 3.63) is 35.9 Å². The number of nitrogens with one attached hydrogen (secondary N) is 1. The van der Waals surface area contributed by atoms with Crippen LogP contribution >= 0.6 is 0 Å². The molecule has 1 amide bonds. The average molecular weight is 295 g/mol. The summed E-state index contributed by atoms with van der Waals surface area (Å²) in [5, 5.41) is 0. The zero-order chi connectivity index (χ0) is 15.3. The number of benzene rings is 1. The van der Waals surface area contributed by atoms with Gasteiger partial charge in [0.1, 0.15) is 11.0 Å². The first-order valence-electron chi connectivity index (χ1n) is 6.98. The summed E-state index contributed by atoms with van der Waals surface area (Å²) in [5.41, 5.74) is 1.13. The van der Waals surface area contributed by atoms with Crippen LogP contribution in [0.25, 0.3) is 0 Å². The van der Waals surface area contributed by atoms with Crippen LogP contribution in [-0.4, -0.2) is 14.9 Å². The first-order chi connectivity index (χ1) is 9.21. The zero-order valence-electron chi connectivity index (χ0n) is 13.0. The second-order valence-electron chi connectivity index (χ2n) is 6.39. The van der Waals surface area contributed by atoms with Crippen molar-refractivity contribution in [2.75, 3.05) is 0 Å². The van der Waals surface area contributed by atoms with Gasteiger partial charge in [-0.15, -0.1) is 0 Å². The van der Waals surface area contributed by atoms with E-state index in [-0.39, 0.29) is 17.7 Å². The third-order valence-corrected chi connectivity index (χ3v) is 4.69. The van der Waals surface area contributed by atoms with Crippen molar-refractivity contribution in [1.82, 2.24) is 4.72 Å². The molecule has 0 spiro atoms. The van der Waals surface area contributed by atoms with Crippen molar-refractivity contribution in [3.63, 3.8) is 0 Å². The number of amides is 1. The van der Waals surface area contributed by atoms with Crippen LogP contribution in [0.1, 0.15) is 40.2 Å². The van der Waals surface area contributed by atoms with Gasteiger partial charge in [0.15, 0.2) is 0 Å². The minimum Gasteiger partial charge on any atom is -0.274 e. The van der Waals surface area contributed by atoms with Crippen LogP contribution in [0.3, 0.4) is 0 Å². The molecule has 0 fully saturated rings. The van der Waals surface area contributed by atoms with E-state index in [9.17, 15) is 9.00 Å². The third-order valence-electron chi connectivity index (χ3n) is 3.19. The van der Waals surface area contributed by atoms with Crippen LogP contribution in [0.4, 0.5) is 0 Å². The van der Waals surface area contributed by atoms with Crippen LogP contribution in [0, 0.1) is 11.8 Å². The SMILES string of the molecule is CC(C)[C@@H](Cc1ccccc1)C(=O)N[S@](=O)C(C)(C)C. The molecule has 20 heavy (non-hydrogen) atoms. The van der Waals surface area contributed by atoms with Crippen molar-refractivity contribution in [3.8, 4) is 0 Å². The van der Waals surface area contributed by atoms with E-state index >= 15 is 0 Å². The largest absolute Gasteiger partial charge is 0.274 e. The molecule has 1 rings (SSSR count). The predicted octanol–water partition coefficient (Wildman–Crippen LogP) is 3.08. The minimum absolute atomic E-state index is 0.128. The Morgan fingerprint density at radius 1 is 1.20 bits per heavy atom. The average Bonchev–Trinajstić information content (AvgIpc) is 2.35. The fourth-order valence-corrected chi connectivity index (χ4v) is 2.46. The monoisotopic (exact) mass is 295 g/mol. The molecule has 112 valence electrons. The summed E-state index contributed by atoms with van der Waals surface area (Å²) < 4.78 is 14.2. The van der Waals surface area contributed by atoms with Crippen molar-refractivity contribution < 1.29 is 9.00 Å². The first-order valence-corrected chi connectivity index (χ1v) is 8.13. The molecule has 1 N–H and O–H groups in total. The molecule has 0 saturated carbocycles. The predicted molar refractivity (Wildman–Crippen MR) is 84.5 cm³/mol. The highest BCUT2D eigenvalue weighted by atomic mass is 32.2. The number of rotatable bonds is 5. The standard InChI is InChI=1S/C16H25NO2S/c1-12(2)14(11-13-9-7-6-8-10-13)15(18)17-20(19)16(3,4)5/h6-10,12,14H,11H2,1-5H3,(H,17,18)/t14-,20-/m1/s1. The van der Waals surface area contributed by atoms with E-state index in [2.05, 4.69) is 4.72 Å². The van der Waals surface area contributed by atoms with Gasteiger partial charge >= 0.3 is 0 Å². The van der Waals surface area contributed by atoms with Gasteiger partial charge in [0.25, 0.3) is 0 Å². The summed E-state index contributed by atoms with van der Waals surface area (Å²) in [4.78, 5) is 12.3. The summed E-state index contributed by atoms with van der Waals surface area (Å²) in [6.45, 7) is 9.60. The highest BCUT2D eigenvalue weighted by Gasteiger charge is 2.27. The summed E-state index contributed by atoms with van der Waals surface area (Å²) in [7, 11) is -1.36. The van der Waals surface area contributed by atoms with Crippen molar-refractivity contribution in [1.29, 1.82) is 0 Å². The molecule has 0 aliphatic rings. The summed E-state index contributed by atoms with van der Waals surface area (Å²) in [5.74, 6) is -0.0898.